The molecule has 3 atom stereocenters. The molecule has 0 heterocycles. The van der Waals surface area contributed by atoms with E-state index < -0.39 is 24.2 Å². The fraction of sp³-hybridized carbons (Fsp3) is 0.928. The van der Waals surface area contributed by atoms with Gasteiger partial charge >= 0.3 is 0 Å². The molecule has 74 heavy (non-hydrogen) atoms. The van der Waals surface area contributed by atoms with Crippen LogP contribution in [0, 0.1) is 0 Å². The van der Waals surface area contributed by atoms with Crippen molar-refractivity contribution in [3.8, 4) is 0 Å². The molecule has 0 aliphatic heterocycles. The molecule has 0 saturated carbocycles. The highest BCUT2D eigenvalue weighted by molar-refractivity contribution is 5.80. The van der Waals surface area contributed by atoms with Gasteiger partial charge in [-0.15, -0.1) is 0 Å². The third-order valence-corrected chi connectivity index (χ3v) is 16.3. The highest BCUT2D eigenvalue weighted by atomic mass is 16.3. The molecule has 0 radical (unpaired) electrons. The number of hydrogen-bond donors (Lipinski definition) is 4. The Kier molecular flexibility index (Phi) is 63.3. The highest BCUT2D eigenvalue weighted by Crippen LogP contribution is 2.19. The van der Waals surface area contributed by atoms with Crippen LogP contribution < -0.4 is 5.32 Å². The van der Waals surface area contributed by atoms with E-state index in [1.807, 2.05) is 0 Å². The van der Waals surface area contributed by atoms with Gasteiger partial charge in [0, 0.05) is 0 Å². The van der Waals surface area contributed by atoms with Gasteiger partial charge in [0.25, 0.3) is 0 Å². The summed E-state index contributed by atoms with van der Waals surface area (Å²) in [4.78, 5) is 12.6. The largest absolute Gasteiger partial charge is 0.394 e. The third-order valence-electron chi connectivity index (χ3n) is 16.3. The van der Waals surface area contributed by atoms with Crippen LogP contribution in [0.25, 0.3) is 0 Å². The van der Waals surface area contributed by atoms with Crippen molar-refractivity contribution in [2.75, 3.05) is 6.61 Å². The van der Waals surface area contributed by atoms with Crippen LogP contribution in [0.2, 0.25) is 0 Å². The minimum absolute atomic E-state index is 0.310. The molecule has 0 aromatic rings. The van der Waals surface area contributed by atoms with Gasteiger partial charge in [0.1, 0.15) is 6.10 Å². The fourth-order valence-corrected chi connectivity index (χ4v) is 11.1. The van der Waals surface area contributed by atoms with E-state index in [0.29, 0.717) is 12.8 Å². The number of allylic oxidation sites excluding steroid dienone is 4. The zero-order valence-corrected chi connectivity index (χ0v) is 50.5. The predicted molar refractivity (Wildman–Crippen MR) is 328 cm³/mol. The van der Waals surface area contributed by atoms with Gasteiger partial charge in [0.2, 0.25) is 5.91 Å². The summed E-state index contributed by atoms with van der Waals surface area (Å²) in [5.41, 5.74) is 0. The molecule has 440 valence electrons. The van der Waals surface area contributed by atoms with Crippen LogP contribution in [0.15, 0.2) is 24.3 Å². The maximum atomic E-state index is 12.6. The topological polar surface area (TPSA) is 89.8 Å². The zero-order chi connectivity index (χ0) is 53.6. The van der Waals surface area contributed by atoms with Gasteiger partial charge in [-0.25, -0.2) is 0 Å². The Bertz CT molecular complexity index is 1110. The molecule has 0 bridgehead atoms. The van der Waals surface area contributed by atoms with Crippen LogP contribution in [0.1, 0.15) is 386 Å². The maximum absolute atomic E-state index is 12.6. The summed E-state index contributed by atoms with van der Waals surface area (Å²) in [6, 6.07) is -0.712. The monoisotopic (exact) mass is 1040 g/mol. The average molecular weight is 1040 g/mol. The molecule has 0 spiro atoms. The minimum Gasteiger partial charge on any atom is -0.394 e. The van der Waals surface area contributed by atoms with Crippen molar-refractivity contribution in [2.45, 2.75) is 405 Å². The molecule has 0 aliphatic carbocycles. The van der Waals surface area contributed by atoms with Gasteiger partial charge < -0.3 is 20.6 Å². The number of rotatable bonds is 64. The molecular weight excluding hydrogens is 907 g/mol. The van der Waals surface area contributed by atoms with E-state index in [4.69, 9.17) is 0 Å². The van der Waals surface area contributed by atoms with Gasteiger partial charge in [-0.1, -0.05) is 366 Å². The Labute approximate surface area is 464 Å². The molecule has 0 rings (SSSR count). The molecule has 0 aliphatic rings. The number of nitrogens with one attached hydrogen (secondary N) is 1. The Morgan fingerprint density at radius 3 is 0.811 bits per heavy atom. The van der Waals surface area contributed by atoms with E-state index in [9.17, 15) is 20.1 Å². The summed E-state index contributed by atoms with van der Waals surface area (Å²) in [5, 5.41) is 33.7. The second kappa shape index (κ2) is 64.4. The minimum atomic E-state index is -1.07. The van der Waals surface area contributed by atoms with E-state index in [2.05, 4.69) is 43.5 Å². The number of aliphatic hydroxyl groups is 3. The van der Waals surface area contributed by atoms with Crippen LogP contribution in [0.5, 0.6) is 0 Å². The van der Waals surface area contributed by atoms with E-state index in [1.165, 1.54) is 321 Å². The van der Waals surface area contributed by atoms with E-state index >= 15 is 0 Å². The van der Waals surface area contributed by atoms with Crippen molar-refractivity contribution in [3.05, 3.63) is 24.3 Å². The van der Waals surface area contributed by atoms with E-state index in [0.717, 1.165) is 38.5 Å². The lowest BCUT2D eigenvalue weighted by Gasteiger charge is -2.23. The summed E-state index contributed by atoms with van der Waals surface area (Å²) in [5.74, 6) is -0.463. The van der Waals surface area contributed by atoms with Crippen molar-refractivity contribution in [2.24, 2.45) is 0 Å². The van der Waals surface area contributed by atoms with Crippen LogP contribution >= 0.6 is 0 Å². The molecule has 0 fully saturated rings. The number of carbonyl (C=O) groups is 1. The Hall–Kier alpha value is -1.17. The molecular formula is C69H135NO4. The lowest BCUT2D eigenvalue weighted by atomic mass is 10.0. The van der Waals surface area contributed by atoms with Crippen LogP contribution in [-0.2, 0) is 4.79 Å². The summed E-state index contributed by atoms with van der Waals surface area (Å²) in [6.45, 7) is 4.28. The van der Waals surface area contributed by atoms with Gasteiger partial charge in [-0.2, -0.15) is 0 Å². The SMILES string of the molecule is CCCCCCCCCCCCCCCCC/C=C\C/C=C\CCCCCCCCCCCCCCCCCCC(O)C(=O)NC(CO)C(O)CCCCCCCCCCCCCCCCCCCCCCCC. The maximum Gasteiger partial charge on any atom is 0.249 e. The smallest absolute Gasteiger partial charge is 0.249 e. The molecule has 0 aromatic carbocycles. The van der Waals surface area contributed by atoms with Gasteiger partial charge in [-0.3, -0.25) is 4.79 Å². The van der Waals surface area contributed by atoms with Crippen molar-refractivity contribution >= 4 is 5.91 Å². The standard InChI is InChI=1S/C69H135NO4/c1-3-5-7-9-11-13-15-17-19-21-23-25-27-28-29-30-31-32-33-34-35-36-37-38-39-40-41-42-44-46-48-50-52-54-56-58-60-62-64-68(73)69(74)70-66(65-71)67(72)63-61-59-57-55-53-51-49-47-45-43-26-24-22-20-18-16-14-12-10-8-6-4-2/h31-32,34-35,66-68,71-73H,3-30,33,36-65H2,1-2H3,(H,70,74)/b32-31-,35-34-. The number of unbranched alkanes of at least 4 members (excludes halogenated alkanes) is 52. The lowest BCUT2D eigenvalue weighted by Crippen LogP contribution is -2.49. The summed E-state index contributed by atoms with van der Waals surface area (Å²) in [6.07, 6.45) is 84.2. The van der Waals surface area contributed by atoms with E-state index in [-0.39, 0.29) is 6.61 Å². The number of carbonyl (C=O) groups excluding carboxylic acids is 1. The second-order valence-electron chi connectivity index (χ2n) is 23.7. The summed E-state index contributed by atoms with van der Waals surface area (Å²) < 4.78 is 0. The normalized spacial score (nSPS) is 13.2. The molecule has 4 N–H and O–H groups in total. The zero-order valence-electron chi connectivity index (χ0n) is 50.5. The first kappa shape index (κ1) is 72.8. The molecule has 1 amide bonds. The number of aliphatic hydroxyl groups excluding tert-OH is 3. The number of hydrogen-bond acceptors (Lipinski definition) is 4. The lowest BCUT2D eigenvalue weighted by molar-refractivity contribution is -0.131. The Balaban J connectivity index is 3.46. The van der Waals surface area contributed by atoms with E-state index in [1.54, 1.807) is 0 Å². The summed E-state index contributed by atoms with van der Waals surface area (Å²) in [7, 11) is 0. The van der Waals surface area contributed by atoms with Gasteiger partial charge in [0.05, 0.1) is 18.8 Å². The molecule has 3 unspecified atom stereocenters. The molecule has 0 saturated heterocycles. The van der Waals surface area contributed by atoms with Crippen molar-refractivity contribution in [1.82, 2.24) is 5.32 Å². The van der Waals surface area contributed by atoms with Gasteiger partial charge in [-0.05, 0) is 44.9 Å². The summed E-state index contributed by atoms with van der Waals surface area (Å²) >= 11 is 0. The second-order valence-corrected chi connectivity index (χ2v) is 23.7. The Morgan fingerprint density at radius 1 is 0.324 bits per heavy atom. The van der Waals surface area contributed by atoms with Gasteiger partial charge in [0.15, 0.2) is 0 Å². The molecule has 0 aromatic heterocycles. The predicted octanol–water partition coefficient (Wildman–Crippen LogP) is 22.0. The Morgan fingerprint density at radius 2 is 0.554 bits per heavy atom. The third kappa shape index (κ3) is 58.5. The van der Waals surface area contributed by atoms with Crippen molar-refractivity contribution in [3.63, 3.8) is 0 Å². The molecule has 5 nitrogen and oxygen atoms in total. The highest BCUT2D eigenvalue weighted by Gasteiger charge is 2.23. The fourth-order valence-electron chi connectivity index (χ4n) is 11.1. The van der Waals surface area contributed by atoms with Crippen molar-refractivity contribution < 1.29 is 20.1 Å². The first-order valence-corrected chi connectivity index (χ1v) is 34.1. The average Bonchev–Trinajstić information content (AvgIpc) is 3.41. The molecule has 5 heteroatoms. The first-order valence-electron chi connectivity index (χ1n) is 34.1. The van der Waals surface area contributed by atoms with Crippen molar-refractivity contribution in [1.29, 1.82) is 0 Å². The number of amides is 1. The van der Waals surface area contributed by atoms with Crippen LogP contribution in [0.3, 0.4) is 0 Å². The first-order chi connectivity index (χ1) is 36.6. The van der Waals surface area contributed by atoms with Crippen LogP contribution in [-0.4, -0.2) is 46.1 Å². The van der Waals surface area contributed by atoms with Crippen LogP contribution in [0.4, 0.5) is 0 Å². The quantitative estimate of drug-likeness (QED) is 0.0361.